The molecule has 1 aromatic rings. The maximum absolute atomic E-state index is 13.4. The van der Waals surface area contributed by atoms with Crippen molar-refractivity contribution in [2.45, 2.75) is 25.9 Å². The fourth-order valence-corrected chi connectivity index (χ4v) is 2.43. The predicted molar refractivity (Wildman–Crippen MR) is 73.2 cm³/mol. The Balaban J connectivity index is 2.34. The minimum atomic E-state index is -1.08. The van der Waals surface area contributed by atoms with Gasteiger partial charge in [-0.15, -0.1) is 0 Å². The highest BCUT2D eigenvalue weighted by atomic mass is 19.1. The quantitative estimate of drug-likeness (QED) is 0.850. The Labute approximate surface area is 121 Å². The Morgan fingerprint density at radius 2 is 2.14 bits per heavy atom. The van der Waals surface area contributed by atoms with Crippen LogP contribution < -0.4 is 5.32 Å². The molecule has 0 fully saturated rings. The molecule has 21 heavy (non-hydrogen) atoms. The lowest BCUT2D eigenvalue weighted by Crippen LogP contribution is -2.31. The van der Waals surface area contributed by atoms with Crippen LogP contribution in [0.5, 0.6) is 0 Å². The van der Waals surface area contributed by atoms with Gasteiger partial charge in [0.25, 0.3) is 5.91 Å². The molecule has 2 amide bonds. The average molecular weight is 294 g/mol. The lowest BCUT2D eigenvalue weighted by Gasteiger charge is -2.19. The van der Waals surface area contributed by atoms with Crippen LogP contribution in [0.1, 0.15) is 30.5 Å². The van der Waals surface area contributed by atoms with Gasteiger partial charge in [-0.05, 0) is 29.7 Å². The molecule has 2 rings (SSSR count). The summed E-state index contributed by atoms with van der Waals surface area (Å²) in [5, 5.41) is 2.52. The normalized spacial score (nSPS) is 17.7. The van der Waals surface area contributed by atoms with Crippen molar-refractivity contribution in [3.05, 3.63) is 47.5 Å². The van der Waals surface area contributed by atoms with Crippen LogP contribution in [-0.2, 0) is 16.1 Å². The summed E-state index contributed by atoms with van der Waals surface area (Å²) >= 11 is 0. The van der Waals surface area contributed by atoms with E-state index < -0.39 is 23.6 Å². The molecular formula is C15H16F2N2O2. The van der Waals surface area contributed by atoms with Gasteiger partial charge >= 0.3 is 0 Å². The van der Waals surface area contributed by atoms with Gasteiger partial charge in [0.2, 0.25) is 5.91 Å². The summed E-state index contributed by atoms with van der Waals surface area (Å²) in [6.45, 7) is 5.05. The van der Waals surface area contributed by atoms with Crippen LogP contribution in [-0.4, -0.2) is 23.3 Å². The molecule has 1 aliphatic heterocycles. The molecule has 6 heteroatoms. The highest BCUT2D eigenvalue weighted by Gasteiger charge is 2.25. The standard InChI is InChI=1S/C15H16F2N2O2/c1-9(16)15(21)18-14-5-6-19(10(2)20)8-11-7-12(17)3-4-13(11)14/h3-4,7,14H,1,5-6,8H2,2H3,(H,18,21). The number of carbonyl (C=O) groups excluding carboxylic acids is 2. The number of benzene rings is 1. The Morgan fingerprint density at radius 3 is 2.76 bits per heavy atom. The molecular weight excluding hydrogens is 278 g/mol. The summed E-state index contributed by atoms with van der Waals surface area (Å²) in [4.78, 5) is 24.6. The van der Waals surface area contributed by atoms with E-state index >= 15 is 0 Å². The van der Waals surface area contributed by atoms with E-state index in [0.717, 1.165) is 0 Å². The number of fused-ring (bicyclic) bond motifs is 1. The molecule has 112 valence electrons. The Bertz CT molecular complexity index is 601. The lowest BCUT2D eigenvalue weighted by atomic mass is 9.99. The maximum Gasteiger partial charge on any atom is 0.279 e. The van der Waals surface area contributed by atoms with Crippen molar-refractivity contribution in [2.24, 2.45) is 0 Å². The zero-order chi connectivity index (χ0) is 15.6. The molecule has 0 saturated heterocycles. The molecule has 1 aromatic carbocycles. The van der Waals surface area contributed by atoms with Crippen LogP contribution in [0.4, 0.5) is 8.78 Å². The molecule has 1 heterocycles. The Hall–Kier alpha value is -2.24. The van der Waals surface area contributed by atoms with Gasteiger partial charge in [0, 0.05) is 20.0 Å². The van der Waals surface area contributed by atoms with Gasteiger partial charge in [-0.1, -0.05) is 12.6 Å². The number of hydrogen-bond donors (Lipinski definition) is 1. The van der Waals surface area contributed by atoms with Crippen molar-refractivity contribution in [3.8, 4) is 0 Å². The van der Waals surface area contributed by atoms with E-state index in [-0.39, 0.29) is 12.5 Å². The molecule has 0 aromatic heterocycles. The van der Waals surface area contributed by atoms with E-state index in [1.807, 2.05) is 0 Å². The highest BCUT2D eigenvalue weighted by molar-refractivity contribution is 5.90. The molecule has 1 atom stereocenters. The first-order chi connectivity index (χ1) is 9.88. The van der Waals surface area contributed by atoms with Crippen molar-refractivity contribution in [2.75, 3.05) is 6.54 Å². The SMILES string of the molecule is C=C(F)C(=O)NC1CCN(C(C)=O)Cc2cc(F)ccc21. The second-order valence-electron chi connectivity index (χ2n) is 5.00. The topological polar surface area (TPSA) is 49.4 Å². The van der Waals surface area contributed by atoms with Crippen LogP contribution in [0, 0.1) is 5.82 Å². The van der Waals surface area contributed by atoms with Gasteiger partial charge in [-0.25, -0.2) is 8.78 Å². The van der Waals surface area contributed by atoms with Crippen LogP contribution in [0.25, 0.3) is 0 Å². The predicted octanol–water partition coefficient (Wildman–Crippen LogP) is 2.22. The van der Waals surface area contributed by atoms with Gasteiger partial charge in [-0.3, -0.25) is 9.59 Å². The van der Waals surface area contributed by atoms with Gasteiger partial charge < -0.3 is 10.2 Å². The minimum Gasteiger partial charge on any atom is -0.343 e. The van der Waals surface area contributed by atoms with Crippen molar-refractivity contribution in [1.82, 2.24) is 10.2 Å². The highest BCUT2D eigenvalue weighted by Crippen LogP contribution is 2.27. The van der Waals surface area contributed by atoms with Gasteiger partial charge in [0.05, 0.1) is 6.04 Å². The van der Waals surface area contributed by atoms with Crippen molar-refractivity contribution < 1.29 is 18.4 Å². The van der Waals surface area contributed by atoms with E-state index in [4.69, 9.17) is 0 Å². The van der Waals surface area contributed by atoms with Crippen LogP contribution in [0.2, 0.25) is 0 Å². The van der Waals surface area contributed by atoms with E-state index in [9.17, 15) is 18.4 Å². The molecule has 0 aliphatic carbocycles. The second kappa shape index (κ2) is 6.03. The molecule has 0 bridgehead atoms. The third-order valence-corrected chi connectivity index (χ3v) is 3.53. The van der Waals surface area contributed by atoms with Gasteiger partial charge in [0.1, 0.15) is 5.82 Å². The number of nitrogens with one attached hydrogen (secondary N) is 1. The van der Waals surface area contributed by atoms with Crippen molar-refractivity contribution >= 4 is 11.8 Å². The zero-order valence-corrected chi connectivity index (χ0v) is 11.7. The number of carbonyl (C=O) groups is 2. The fraction of sp³-hybridized carbons (Fsp3) is 0.333. The third-order valence-electron chi connectivity index (χ3n) is 3.53. The van der Waals surface area contributed by atoms with Crippen molar-refractivity contribution in [1.29, 1.82) is 0 Å². The molecule has 1 aliphatic rings. The first-order valence-electron chi connectivity index (χ1n) is 6.57. The first kappa shape index (κ1) is 15.2. The minimum absolute atomic E-state index is 0.132. The monoisotopic (exact) mass is 294 g/mol. The Morgan fingerprint density at radius 1 is 1.43 bits per heavy atom. The zero-order valence-electron chi connectivity index (χ0n) is 11.7. The van der Waals surface area contributed by atoms with Crippen molar-refractivity contribution in [3.63, 3.8) is 0 Å². The van der Waals surface area contributed by atoms with Crippen LogP contribution in [0.15, 0.2) is 30.6 Å². The summed E-state index contributed by atoms with van der Waals surface area (Å²) in [5.74, 6) is -2.52. The van der Waals surface area contributed by atoms with Gasteiger partial charge in [0.15, 0.2) is 5.83 Å². The summed E-state index contributed by atoms with van der Waals surface area (Å²) in [6, 6.07) is 3.69. The van der Waals surface area contributed by atoms with Gasteiger partial charge in [-0.2, -0.15) is 0 Å². The molecule has 1 N–H and O–H groups in total. The number of amides is 2. The lowest BCUT2D eigenvalue weighted by molar-refractivity contribution is -0.129. The molecule has 0 saturated carbocycles. The van der Waals surface area contributed by atoms with E-state index in [1.54, 1.807) is 11.0 Å². The number of halogens is 2. The summed E-state index contributed by atoms with van der Waals surface area (Å²) < 4.78 is 26.3. The molecule has 0 spiro atoms. The average Bonchev–Trinajstić information content (AvgIpc) is 2.58. The number of nitrogens with zero attached hydrogens (tertiary/aromatic N) is 1. The van der Waals surface area contributed by atoms with E-state index in [1.165, 1.54) is 19.1 Å². The van der Waals surface area contributed by atoms with Crippen LogP contribution in [0.3, 0.4) is 0 Å². The summed E-state index contributed by atoms with van der Waals surface area (Å²) in [6.07, 6.45) is 0.428. The summed E-state index contributed by atoms with van der Waals surface area (Å²) in [7, 11) is 0. The molecule has 0 radical (unpaired) electrons. The first-order valence-corrected chi connectivity index (χ1v) is 6.57. The largest absolute Gasteiger partial charge is 0.343 e. The second-order valence-corrected chi connectivity index (χ2v) is 5.00. The summed E-state index contributed by atoms with van der Waals surface area (Å²) in [5.41, 5.74) is 1.30. The molecule has 1 unspecified atom stereocenters. The smallest absolute Gasteiger partial charge is 0.279 e. The van der Waals surface area contributed by atoms with E-state index in [0.29, 0.717) is 24.1 Å². The van der Waals surface area contributed by atoms with Crippen LogP contribution >= 0.6 is 0 Å². The molecule has 4 nitrogen and oxygen atoms in total. The third kappa shape index (κ3) is 3.45. The number of hydrogen-bond acceptors (Lipinski definition) is 2. The van der Waals surface area contributed by atoms with E-state index in [2.05, 4.69) is 11.9 Å². The maximum atomic E-state index is 13.4. The fourth-order valence-electron chi connectivity index (χ4n) is 2.43. The number of rotatable bonds is 2. The Kier molecular flexibility index (Phi) is 4.35.